The molecule has 0 bridgehead atoms. The average molecular weight is 490 g/mol. The smallest absolute Gasteiger partial charge is 0.222 e. The van der Waals surface area contributed by atoms with Crippen molar-refractivity contribution >= 4 is 31.5 Å². The van der Waals surface area contributed by atoms with Crippen molar-refractivity contribution in [2.24, 2.45) is 0 Å². The summed E-state index contributed by atoms with van der Waals surface area (Å²) in [5, 5.41) is 41.1. The van der Waals surface area contributed by atoms with Gasteiger partial charge in [-0.2, -0.15) is 0 Å². The zero-order chi connectivity index (χ0) is 24.7. The second kappa shape index (κ2) is 8.37. The van der Waals surface area contributed by atoms with Crippen LogP contribution in [0.2, 0.25) is 0 Å². The molecule has 5 aromatic rings. The number of ether oxygens (including phenoxy) is 1. The van der Waals surface area contributed by atoms with Crippen LogP contribution in [0.3, 0.4) is 0 Å². The molecule has 4 aromatic carbocycles. The minimum atomic E-state index is -3.64. The van der Waals surface area contributed by atoms with Crippen LogP contribution in [-0.4, -0.2) is 33.8 Å². The van der Waals surface area contributed by atoms with Gasteiger partial charge in [0.15, 0.2) is 23.0 Å². The molecule has 1 aromatic heterocycles. The summed E-state index contributed by atoms with van der Waals surface area (Å²) in [5.74, 6) is -1.34. The first kappa shape index (κ1) is 22.3. The molecule has 5 rings (SSSR count). The number of hydrogen-bond donors (Lipinski definition) is 4. The van der Waals surface area contributed by atoms with Crippen molar-refractivity contribution in [1.29, 1.82) is 0 Å². The molecule has 0 unspecified atom stereocenters. The average Bonchev–Trinajstić information content (AvgIpc) is 2.85. The van der Waals surface area contributed by atoms with E-state index in [1.165, 1.54) is 48.5 Å². The van der Waals surface area contributed by atoms with Gasteiger partial charge in [0.05, 0.1) is 15.3 Å². The topological polar surface area (TPSA) is 137 Å². The number of nitrogens with zero attached hydrogens (tertiary/aromatic N) is 1. The van der Waals surface area contributed by atoms with E-state index in [9.17, 15) is 28.8 Å². The first-order chi connectivity index (χ1) is 16.7. The zero-order valence-corrected chi connectivity index (χ0v) is 18.9. The largest absolute Gasteiger partial charge is 0.504 e. The van der Waals surface area contributed by atoms with E-state index in [0.29, 0.717) is 27.2 Å². The van der Waals surface area contributed by atoms with Crippen LogP contribution in [-0.2, 0) is 16.4 Å². The second-order valence-electron chi connectivity index (χ2n) is 7.91. The molecule has 0 amide bonds. The van der Waals surface area contributed by atoms with E-state index in [4.69, 9.17) is 4.74 Å². The van der Waals surface area contributed by atoms with E-state index in [0.717, 1.165) is 0 Å². The maximum absolute atomic E-state index is 12.8. The highest BCUT2D eigenvalue weighted by atomic mass is 32.2. The Balaban J connectivity index is 1.49. The van der Waals surface area contributed by atoms with E-state index in [1.807, 2.05) is 0 Å². The minimum absolute atomic E-state index is 0.0327. The van der Waals surface area contributed by atoms with Gasteiger partial charge in [-0.1, -0.05) is 30.3 Å². The lowest BCUT2D eigenvalue weighted by atomic mass is 10.0. The van der Waals surface area contributed by atoms with Crippen LogP contribution in [0.25, 0.3) is 21.7 Å². The number of pyridine rings is 1. The Bertz CT molecular complexity index is 1680. The lowest BCUT2D eigenvalue weighted by Crippen LogP contribution is -2.03. The highest BCUT2D eigenvalue weighted by Gasteiger charge is 2.18. The third kappa shape index (κ3) is 4.02. The molecule has 0 radical (unpaired) electrons. The molecule has 0 atom stereocenters. The maximum Gasteiger partial charge on any atom is 0.222 e. The van der Waals surface area contributed by atoms with E-state index < -0.39 is 9.84 Å². The molecule has 0 aliphatic rings. The number of phenols is 4. The molecule has 0 spiro atoms. The normalized spacial score (nSPS) is 11.7. The van der Waals surface area contributed by atoms with Gasteiger partial charge < -0.3 is 25.2 Å². The first-order valence-electron chi connectivity index (χ1n) is 10.5. The number of benzene rings is 4. The van der Waals surface area contributed by atoms with E-state index in [1.54, 1.807) is 30.3 Å². The van der Waals surface area contributed by atoms with Gasteiger partial charge in [0.1, 0.15) is 6.61 Å². The summed E-state index contributed by atoms with van der Waals surface area (Å²) in [5.41, 5.74) is 0.973. The quantitative estimate of drug-likeness (QED) is 0.207. The molecule has 0 aliphatic carbocycles. The fourth-order valence-corrected chi connectivity index (χ4v) is 5.06. The molecule has 0 saturated heterocycles. The van der Waals surface area contributed by atoms with Crippen molar-refractivity contribution in [3.05, 3.63) is 84.4 Å². The highest BCUT2D eigenvalue weighted by Crippen LogP contribution is 2.41. The monoisotopic (exact) mass is 489 g/mol. The molecule has 8 nitrogen and oxygen atoms in total. The lowest BCUT2D eigenvalue weighted by Gasteiger charge is -2.13. The van der Waals surface area contributed by atoms with Crippen LogP contribution in [0.5, 0.6) is 28.9 Å². The summed E-state index contributed by atoms with van der Waals surface area (Å²) in [6, 6.07) is 19.6. The Kier molecular flexibility index (Phi) is 5.33. The number of aromatic nitrogens is 1. The van der Waals surface area contributed by atoms with Crippen LogP contribution < -0.4 is 4.74 Å². The van der Waals surface area contributed by atoms with Gasteiger partial charge in [-0.15, -0.1) is 0 Å². The molecule has 1 heterocycles. The van der Waals surface area contributed by atoms with Gasteiger partial charge in [-0.05, 0) is 48.0 Å². The molecule has 0 aliphatic heterocycles. The van der Waals surface area contributed by atoms with Gasteiger partial charge >= 0.3 is 0 Å². The predicted octanol–water partition coefficient (Wildman–Crippen LogP) is 4.62. The van der Waals surface area contributed by atoms with E-state index in [2.05, 4.69) is 4.98 Å². The predicted molar refractivity (Wildman–Crippen MR) is 129 cm³/mol. The summed E-state index contributed by atoms with van der Waals surface area (Å²) < 4.78 is 31.5. The Labute approximate surface area is 199 Å². The van der Waals surface area contributed by atoms with Gasteiger partial charge in [-0.25, -0.2) is 13.4 Å². The third-order valence-electron chi connectivity index (χ3n) is 5.61. The summed E-state index contributed by atoms with van der Waals surface area (Å²) in [7, 11) is -3.64. The Morgan fingerprint density at radius 3 is 1.86 bits per heavy atom. The molecular weight excluding hydrogens is 470 g/mol. The van der Waals surface area contributed by atoms with Crippen molar-refractivity contribution in [2.45, 2.75) is 16.4 Å². The van der Waals surface area contributed by atoms with Gasteiger partial charge in [-0.3, -0.25) is 0 Å². The third-order valence-corrected chi connectivity index (χ3v) is 7.40. The number of hydrogen-bond acceptors (Lipinski definition) is 8. The van der Waals surface area contributed by atoms with Gasteiger partial charge in [0, 0.05) is 22.2 Å². The maximum atomic E-state index is 12.8. The van der Waals surface area contributed by atoms with Crippen LogP contribution >= 0.6 is 0 Å². The summed E-state index contributed by atoms with van der Waals surface area (Å²) in [6.45, 7) is 0.0327. The SMILES string of the molecule is O=S(=O)(c1ccccc1)c1ccc(COc2nc3cc(O)c(O)cc3c3cc(O)c(O)cc23)cc1. The van der Waals surface area contributed by atoms with Crippen LogP contribution in [0.4, 0.5) is 0 Å². The molecular formula is C26H19NO7S. The molecule has 0 saturated carbocycles. The number of aromatic hydroxyl groups is 4. The number of rotatable bonds is 5. The zero-order valence-electron chi connectivity index (χ0n) is 18.1. The van der Waals surface area contributed by atoms with Crippen molar-refractivity contribution in [2.75, 3.05) is 0 Å². The lowest BCUT2D eigenvalue weighted by molar-refractivity contribution is 0.299. The molecule has 176 valence electrons. The van der Waals surface area contributed by atoms with Crippen molar-refractivity contribution in [3.63, 3.8) is 0 Å². The van der Waals surface area contributed by atoms with Crippen LogP contribution in [0.15, 0.2) is 88.7 Å². The molecule has 9 heteroatoms. The Morgan fingerprint density at radius 2 is 1.20 bits per heavy atom. The van der Waals surface area contributed by atoms with Crippen molar-refractivity contribution < 1.29 is 33.6 Å². The van der Waals surface area contributed by atoms with Gasteiger partial charge in [0.2, 0.25) is 15.7 Å². The molecule has 0 fully saturated rings. The summed E-state index contributed by atoms with van der Waals surface area (Å²) in [6.07, 6.45) is 0. The second-order valence-corrected chi connectivity index (χ2v) is 9.86. The highest BCUT2D eigenvalue weighted by molar-refractivity contribution is 7.91. The fourth-order valence-electron chi connectivity index (χ4n) is 3.78. The van der Waals surface area contributed by atoms with E-state index in [-0.39, 0.29) is 45.3 Å². The Hall–Kier alpha value is -4.50. The minimum Gasteiger partial charge on any atom is -0.504 e. The standard InChI is InChI=1S/C26H19NO7S/c28-22-10-18-19-11-23(29)25(31)13-21(19)27-26(20(18)12-24(22)30)34-14-15-6-8-17(9-7-15)35(32,33)16-4-2-1-3-5-16/h1-13,28-31H,14H2. The van der Waals surface area contributed by atoms with Crippen molar-refractivity contribution in [3.8, 4) is 28.9 Å². The fraction of sp³-hybridized carbons (Fsp3) is 0.0385. The first-order valence-corrected chi connectivity index (χ1v) is 12.0. The summed E-state index contributed by atoms with van der Waals surface area (Å²) in [4.78, 5) is 4.76. The van der Waals surface area contributed by atoms with E-state index >= 15 is 0 Å². The van der Waals surface area contributed by atoms with Crippen molar-refractivity contribution in [1.82, 2.24) is 4.98 Å². The summed E-state index contributed by atoms with van der Waals surface area (Å²) >= 11 is 0. The van der Waals surface area contributed by atoms with Crippen LogP contribution in [0, 0.1) is 0 Å². The Morgan fingerprint density at radius 1 is 0.657 bits per heavy atom. The van der Waals surface area contributed by atoms with Gasteiger partial charge in [0.25, 0.3) is 0 Å². The number of sulfone groups is 1. The number of phenolic OH excluding ortho intramolecular Hbond substituents is 4. The number of fused-ring (bicyclic) bond motifs is 3. The van der Waals surface area contributed by atoms with Crippen LogP contribution in [0.1, 0.15) is 5.56 Å². The molecule has 4 N–H and O–H groups in total. The molecule has 35 heavy (non-hydrogen) atoms.